The number of anilines is 2. The molecule has 2 atom stereocenters. The van der Waals surface area contributed by atoms with Crippen molar-refractivity contribution in [3.05, 3.63) is 47.7 Å². The number of aryl methyl sites for hydroxylation is 1. The molecule has 1 aliphatic heterocycles. The maximum absolute atomic E-state index is 13.6. The van der Waals surface area contributed by atoms with E-state index in [0.717, 1.165) is 5.56 Å². The van der Waals surface area contributed by atoms with E-state index in [9.17, 15) is 14.3 Å². The largest absolute Gasteiger partial charge is 0.459 e. The zero-order valence-electron chi connectivity index (χ0n) is 17.7. The molecule has 8 nitrogen and oxygen atoms in total. The molecule has 0 spiro atoms. The summed E-state index contributed by atoms with van der Waals surface area (Å²) in [5.41, 5.74) is 1.83. The fourth-order valence-corrected chi connectivity index (χ4v) is 3.82. The summed E-state index contributed by atoms with van der Waals surface area (Å²) in [4.78, 5) is 23.1. The molecular weight excluding hydrogens is 401 g/mol. The van der Waals surface area contributed by atoms with Crippen molar-refractivity contribution in [3.8, 4) is 0 Å². The molecule has 1 aromatic carbocycles. The van der Waals surface area contributed by atoms with Crippen molar-refractivity contribution in [2.75, 3.05) is 23.3 Å². The van der Waals surface area contributed by atoms with Crippen LogP contribution < -0.4 is 15.5 Å². The highest BCUT2D eigenvalue weighted by Crippen LogP contribution is 2.33. The summed E-state index contributed by atoms with van der Waals surface area (Å²) in [5, 5.41) is 16.0. The Bertz CT molecular complexity index is 1080. The van der Waals surface area contributed by atoms with E-state index in [2.05, 4.69) is 20.6 Å². The zero-order valence-corrected chi connectivity index (χ0v) is 17.7. The minimum Gasteiger partial charge on any atom is -0.459 e. The van der Waals surface area contributed by atoms with E-state index >= 15 is 0 Å². The number of nitrogens with one attached hydrogen (secondary N) is 2. The number of urea groups is 1. The van der Waals surface area contributed by atoms with Crippen molar-refractivity contribution in [3.63, 3.8) is 0 Å². The molecule has 3 heterocycles. The van der Waals surface area contributed by atoms with Gasteiger partial charge in [0.2, 0.25) is 5.95 Å². The Labute approximate surface area is 179 Å². The number of benzene rings is 1. The van der Waals surface area contributed by atoms with Crippen LogP contribution in [0.25, 0.3) is 11.0 Å². The number of furan rings is 1. The lowest BCUT2D eigenvalue weighted by Crippen LogP contribution is -2.35. The van der Waals surface area contributed by atoms with E-state index in [-0.39, 0.29) is 17.8 Å². The molecule has 0 unspecified atom stereocenters. The maximum atomic E-state index is 13.6. The molecule has 0 aliphatic carbocycles. The van der Waals surface area contributed by atoms with Crippen LogP contribution in [0.15, 0.2) is 35.0 Å². The lowest BCUT2D eigenvalue weighted by molar-refractivity contribution is 0.198. The number of halogens is 1. The number of fused-ring (bicyclic) bond motifs is 1. The molecule has 2 amide bonds. The van der Waals surface area contributed by atoms with Crippen LogP contribution in [0, 0.1) is 18.7 Å². The standard InChI is InChI=1S/C22H26FN5O3/c1-12(2)19(20-13(3)17-8-14(23)4-5-18(17)31-20)27-22(30)26-15-9-24-21(25-10-15)28-7-6-16(29)11-28/h4-5,8-10,12,16,19,29H,6-7,11H2,1-3H3,(H2,26,27,30)/t16-,19-/m0/s1. The second-order valence-electron chi connectivity index (χ2n) is 8.21. The average Bonchev–Trinajstić information content (AvgIpc) is 3.30. The van der Waals surface area contributed by atoms with Crippen molar-refractivity contribution in [1.29, 1.82) is 0 Å². The molecule has 1 saturated heterocycles. The van der Waals surface area contributed by atoms with E-state index in [0.29, 0.717) is 47.9 Å². The van der Waals surface area contributed by atoms with Crippen LogP contribution in [0.3, 0.4) is 0 Å². The number of aliphatic hydroxyl groups is 1. The van der Waals surface area contributed by atoms with Gasteiger partial charge in [0.05, 0.1) is 30.2 Å². The van der Waals surface area contributed by atoms with E-state index in [1.54, 1.807) is 6.07 Å². The number of hydrogen-bond acceptors (Lipinski definition) is 6. The first-order chi connectivity index (χ1) is 14.8. The Kier molecular flexibility index (Phi) is 5.77. The van der Waals surface area contributed by atoms with Crippen LogP contribution in [-0.2, 0) is 0 Å². The third kappa shape index (κ3) is 4.46. The van der Waals surface area contributed by atoms with Gasteiger partial charge in [-0.25, -0.2) is 19.2 Å². The summed E-state index contributed by atoms with van der Waals surface area (Å²) >= 11 is 0. The summed E-state index contributed by atoms with van der Waals surface area (Å²) in [6.45, 7) is 7.01. The Morgan fingerprint density at radius 2 is 2.06 bits per heavy atom. The molecular formula is C22H26FN5O3. The van der Waals surface area contributed by atoms with Gasteiger partial charge in [0.15, 0.2) is 0 Å². The highest BCUT2D eigenvalue weighted by Gasteiger charge is 2.26. The molecule has 1 aliphatic rings. The molecule has 0 saturated carbocycles. The number of carbonyl (C=O) groups is 1. The van der Waals surface area contributed by atoms with Crippen LogP contribution in [0.5, 0.6) is 0 Å². The molecule has 4 rings (SSSR count). The van der Waals surface area contributed by atoms with Crippen LogP contribution in [0.2, 0.25) is 0 Å². The van der Waals surface area contributed by atoms with Gasteiger partial charge in [0.1, 0.15) is 17.2 Å². The number of β-amino-alcohol motifs (C(OH)–C–C–N with tert-alkyl or cyclic N) is 1. The van der Waals surface area contributed by atoms with Crippen molar-refractivity contribution in [2.45, 2.75) is 39.3 Å². The molecule has 0 bridgehead atoms. The summed E-state index contributed by atoms with van der Waals surface area (Å²) in [7, 11) is 0. The first-order valence-corrected chi connectivity index (χ1v) is 10.3. The van der Waals surface area contributed by atoms with Crippen LogP contribution in [0.1, 0.15) is 37.6 Å². The lowest BCUT2D eigenvalue weighted by Gasteiger charge is -2.21. The highest BCUT2D eigenvalue weighted by atomic mass is 19.1. The summed E-state index contributed by atoms with van der Waals surface area (Å²) in [5.74, 6) is 0.828. The number of rotatable bonds is 5. The van der Waals surface area contributed by atoms with Crippen LogP contribution >= 0.6 is 0 Å². The fourth-order valence-electron chi connectivity index (χ4n) is 3.82. The van der Waals surface area contributed by atoms with E-state index in [4.69, 9.17) is 4.42 Å². The Balaban J connectivity index is 1.46. The van der Waals surface area contributed by atoms with Crippen LogP contribution in [0.4, 0.5) is 20.8 Å². The van der Waals surface area contributed by atoms with Crippen LogP contribution in [-0.4, -0.2) is 40.3 Å². The Hall–Kier alpha value is -3.20. The normalized spacial score (nSPS) is 17.4. The molecule has 164 valence electrons. The number of nitrogens with zero attached hydrogens (tertiary/aromatic N) is 3. The topological polar surface area (TPSA) is 104 Å². The second-order valence-corrected chi connectivity index (χ2v) is 8.21. The van der Waals surface area contributed by atoms with Gasteiger partial charge in [-0.2, -0.15) is 0 Å². The van der Waals surface area contributed by atoms with Crippen molar-refractivity contribution >= 4 is 28.6 Å². The molecule has 1 fully saturated rings. The predicted molar refractivity (Wildman–Crippen MR) is 116 cm³/mol. The van der Waals surface area contributed by atoms with Gasteiger partial charge in [-0.05, 0) is 37.5 Å². The summed E-state index contributed by atoms with van der Waals surface area (Å²) < 4.78 is 19.6. The smallest absolute Gasteiger partial charge is 0.319 e. The quantitative estimate of drug-likeness (QED) is 0.573. The van der Waals surface area contributed by atoms with Gasteiger partial charge in [0, 0.05) is 24.0 Å². The predicted octanol–water partition coefficient (Wildman–Crippen LogP) is 3.76. The molecule has 3 N–H and O–H groups in total. The van der Waals surface area contributed by atoms with Crippen molar-refractivity contribution in [2.24, 2.45) is 5.92 Å². The van der Waals surface area contributed by atoms with Gasteiger partial charge in [0.25, 0.3) is 0 Å². The number of amides is 2. The summed E-state index contributed by atoms with van der Waals surface area (Å²) in [6.07, 6.45) is 3.40. The van der Waals surface area contributed by atoms with E-state index in [1.807, 2.05) is 25.7 Å². The van der Waals surface area contributed by atoms with E-state index in [1.165, 1.54) is 24.5 Å². The maximum Gasteiger partial charge on any atom is 0.319 e. The third-order valence-electron chi connectivity index (χ3n) is 5.51. The number of aromatic nitrogens is 2. The van der Waals surface area contributed by atoms with E-state index < -0.39 is 12.1 Å². The SMILES string of the molecule is Cc1c([C@@H](NC(=O)Nc2cnc(N3CC[C@H](O)C3)nc2)C(C)C)oc2ccc(F)cc12. The van der Waals surface area contributed by atoms with Gasteiger partial charge < -0.3 is 25.1 Å². The number of hydrogen-bond donors (Lipinski definition) is 3. The third-order valence-corrected chi connectivity index (χ3v) is 5.51. The number of aliphatic hydroxyl groups excluding tert-OH is 1. The molecule has 31 heavy (non-hydrogen) atoms. The Morgan fingerprint density at radius 3 is 2.71 bits per heavy atom. The van der Waals surface area contributed by atoms with Gasteiger partial charge in [-0.15, -0.1) is 0 Å². The first kappa shape index (κ1) is 21.0. The van der Waals surface area contributed by atoms with Gasteiger partial charge >= 0.3 is 6.03 Å². The summed E-state index contributed by atoms with van der Waals surface area (Å²) in [6, 6.07) is 3.57. The fraction of sp³-hybridized carbons (Fsp3) is 0.409. The molecule has 9 heteroatoms. The minimum absolute atomic E-state index is 0.0371. The van der Waals surface area contributed by atoms with Gasteiger partial charge in [-0.3, -0.25) is 0 Å². The van der Waals surface area contributed by atoms with Gasteiger partial charge in [-0.1, -0.05) is 13.8 Å². The monoisotopic (exact) mass is 427 g/mol. The van der Waals surface area contributed by atoms with Crippen molar-refractivity contribution in [1.82, 2.24) is 15.3 Å². The molecule has 0 radical (unpaired) electrons. The van der Waals surface area contributed by atoms with Crippen molar-refractivity contribution < 1.29 is 18.7 Å². The first-order valence-electron chi connectivity index (χ1n) is 10.3. The minimum atomic E-state index is -0.419. The second kappa shape index (κ2) is 8.50. The molecule has 3 aromatic rings. The Morgan fingerprint density at radius 1 is 1.32 bits per heavy atom. The number of carbonyl (C=O) groups excluding carboxylic acids is 1. The molecule has 2 aromatic heterocycles. The lowest BCUT2D eigenvalue weighted by atomic mass is 9.98. The zero-order chi connectivity index (χ0) is 22.1. The highest BCUT2D eigenvalue weighted by molar-refractivity contribution is 5.89. The average molecular weight is 427 g/mol.